The Morgan fingerprint density at radius 3 is 2.83 bits per heavy atom. The van der Waals surface area contributed by atoms with Crippen LogP contribution in [0.5, 0.6) is 11.5 Å². The van der Waals surface area contributed by atoms with Crippen LogP contribution in [0.25, 0.3) is 0 Å². The second kappa shape index (κ2) is 7.77. The minimum Gasteiger partial charge on any atom is -0.504 e. The summed E-state index contributed by atoms with van der Waals surface area (Å²) in [4.78, 5) is 0. The second-order valence-electron chi connectivity index (χ2n) is 4.18. The van der Waals surface area contributed by atoms with Crippen molar-refractivity contribution < 1.29 is 9.84 Å². The SMILES string of the molecule is COc1cc(Cl)cc(CNC(C)CCSC)c1O. The van der Waals surface area contributed by atoms with Crippen molar-refractivity contribution in [3.05, 3.63) is 22.7 Å². The van der Waals surface area contributed by atoms with Gasteiger partial charge in [-0.25, -0.2) is 0 Å². The van der Waals surface area contributed by atoms with Crippen LogP contribution in [0.2, 0.25) is 5.02 Å². The first-order valence-corrected chi connectivity index (χ1v) is 7.63. The summed E-state index contributed by atoms with van der Waals surface area (Å²) >= 11 is 7.81. The fourth-order valence-corrected chi connectivity index (χ4v) is 2.42. The van der Waals surface area contributed by atoms with Crippen LogP contribution in [0.1, 0.15) is 18.9 Å². The summed E-state index contributed by atoms with van der Waals surface area (Å²) in [5.74, 6) is 1.70. The van der Waals surface area contributed by atoms with E-state index in [0.717, 1.165) is 17.7 Å². The van der Waals surface area contributed by atoms with Gasteiger partial charge in [-0.15, -0.1) is 0 Å². The van der Waals surface area contributed by atoms with Crippen LogP contribution in [0.4, 0.5) is 0 Å². The second-order valence-corrected chi connectivity index (χ2v) is 5.60. The number of methoxy groups -OCH3 is 1. The third kappa shape index (κ3) is 4.59. The fraction of sp³-hybridized carbons (Fsp3) is 0.538. The predicted molar refractivity (Wildman–Crippen MR) is 79.0 cm³/mol. The van der Waals surface area contributed by atoms with Gasteiger partial charge >= 0.3 is 0 Å². The number of hydrogen-bond donors (Lipinski definition) is 2. The summed E-state index contributed by atoms with van der Waals surface area (Å²) in [6, 6.07) is 3.77. The van der Waals surface area contributed by atoms with Gasteiger partial charge < -0.3 is 15.2 Å². The summed E-state index contributed by atoms with van der Waals surface area (Å²) in [5, 5.41) is 13.9. The van der Waals surface area contributed by atoms with Crippen molar-refractivity contribution in [1.82, 2.24) is 5.32 Å². The van der Waals surface area contributed by atoms with E-state index in [0.29, 0.717) is 23.4 Å². The Bertz CT molecular complexity index is 387. The molecule has 102 valence electrons. The molecule has 0 aliphatic rings. The number of thioether (sulfide) groups is 1. The molecule has 0 radical (unpaired) electrons. The molecule has 0 spiro atoms. The Labute approximate surface area is 118 Å². The van der Waals surface area contributed by atoms with E-state index in [-0.39, 0.29) is 5.75 Å². The van der Waals surface area contributed by atoms with Gasteiger partial charge in [0.25, 0.3) is 0 Å². The van der Waals surface area contributed by atoms with E-state index in [1.165, 1.54) is 7.11 Å². The summed E-state index contributed by atoms with van der Waals surface area (Å²) in [6.07, 6.45) is 3.19. The molecule has 5 heteroatoms. The highest BCUT2D eigenvalue weighted by Gasteiger charge is 2.10. The van der Waals surface area contributed by atoms with Gasteiger partial charge in [0.1, 0.15) is 0 Å². The van der Waals surface area contributed by atoms with E-state index in [1.54, 1.807) is 12.1 Å². The summed E-state index contributed by atoms with van der Waals surface area (Å²) in [5.41, 5.74) is 0.760. The number of benzene rings is 1. The van der Waals surface area contributed by atoms with Gasteiger partial charge in [0.15, 0.2) is 11.5 Å². The number of nitrogens with one attached hydrogen (secondary N) is 1. The van der Waals surface area contributed by atoms with Crippen LogP contribution >= 0.6 is 23.4 Å². The van der Waals surface area contributed by atoms with Crippen LogP contribution in [0.15, 0.2) is 12.1 Å². The summed E-state index contributed by atoms with van der Waals surface area (Å²) in [6.45, 7) is 2.72. The first kappa shape index (κ1) is 15.5. The molecule has 18 heavy (non-hydrogen) atoms. The maximum atomic E-state index is 9.97. The average Bonchev–Trinajstić information content (AvgIpc) is 2.36. The number of hydrogen-bond acceptors (Lipinski definition) is 4. The van der Waals surface area contributed by atoms with E-state index >= 15 is 0 Å². The number of phenolic OH excluding ortho intramolecular Hbond substituents is 1. The monoisotopic (exact) mass is 289 g/mol. The molecule has 0 amide bonds. The van der Waals surface area contributed by atoms with Gasteiger partial charge in [0, 0.05) is 29.2 Å². The van der Waals surface area contributed by atoms with Gasteiger partial charge in [-0.1, -0.05) is 11.6 Å². The average molecular weight is 290 g/mol. The molecule has 1 rings (SSSR count). The highest BCUT2D eigenvalue weighted by Crippen LogP contribution is 2.33. The van der Waals surface area contributed by atoms with Crippen molar-refractivity contribution >= 4 is 23.4 Å². The van der Waals surface area contributed by atoms with Crippen molar-refractivity contribution in [1.29, 1.82) is 0 Å². The third-order valence-corrected chi connectivity index (χ3v) is 3.60. The summed E-state index contributed by atoms with van der Waals surface area (Å²) in [7, 11) is 1.52. The largest absolute Gasteiger partial charge is 0.504 e. The Morgan fingerprint density at radius 1 is 1.50 bits per heavy atom. The number of rotatable bonds is 7. The van der Waals surface area contributed by atoms with Crippen molar-refractivity contribution in [2.45, 2.75) is 25.9 Å². The Morgan fingerprint density at radius 2 is 2.22 bits per heavy atom. The molecule has 0 fully saturated rings. The highest BCUT2D eigenvalue weighted by molar-refractivity contribution is 7.98. The number of ether oxygens (including phenoxy) is 1. The maximum absolute atomic E-state index is 9.97. The zero-order valence-corrected chi connectivity index (χ0v) is 12.6. The molecule has 1 atom stereocenters. The molecule has 0 aromatic heterocycles. The molecule has 2 N–H and O–H groups in total. The number of phenols is 1. The van der Waals surface area contributed by atoms with E-state index in [4.69, 9.17) is 16.3 Å². The minimum absolute atomic E-state index is 0.159. The van der Waals surface area contributed by atoms with E-state index < -0.39 is 0 Å². The molecule has 0 saturated heterocycles. The van der Waals surface area contributed by atoms with Crippen LogP contribution in [0.3, 0.4) is 0 Å². The maximum Gasteiger partial charge on any atom is 0.162 e. The van der Waals surface area contributed by atoms with Gasteiger partial charge in [-0.3, -0.25) is 0 Å². The van der Waals surface area contributed by atoms with Crippen molar-refractivity contribution in [2.75, 3.05) is 19.1 Å². The van der Waals surface area contributed by atoms with E-state index in [1.807, 2.05) is 11.8 Å². The van der Waals surface area contributed by atoms with Gasteiger partial charge in [0.2, 0.25) is 0 Å². The molecule has 0 bridgehead atoms. The molecular formula is C13H20ClNO2S. The molecule has 0 heterocycles. The Kier molecular flexibility index (Phi) is 6.68. The molecular weight excluding hydrogens is 270 g/mol. The lowest BCUT2D eigenvalue weighted by Crippen LogP contribution is -2.26. The molecule has 1 aromatic rings. The highest BCUT2D eigenvalue weighted by atomic mass is 35.5. The van der Waals surface area contributed by atoms with Crippen LogP contribution < -0.4 is 10.1 Å². The molecule has 0 aliphatic carbocycles. The Hall–Kier alpha value is -0.580. The van der Waals surface area contributed by atoms with Crippen LogP contribution in [0, 0.1) is 0 Å². The molecule has 3 nitrogen and oxygen atoms in total. The first-order chi connectivity index (χ1) is 8.58. The molecule has 1 aromatic carbocycles. The lowest BCUT2D eigenvalue weighted by Gasteiger charge is -2.15. The van der Waals surface area contributed by atoms with Gasteiger partial charge in [-0.05, 0) is 31.4 Å². The topological polar surface area (TPSA) is 41.5 Å². The van der Waals surface area contributed by atoms with Crippen molar-refractivity contribution in [3.63, 3.8) is 0 Å². The molecule has 0 aliphatic heterocycles. The number of aromatic hydroxyl groups is 1. The van der Waals surface area contributed by atoms with Crippen molar-refractivity contribution in [2.24, 2.45) is 0 Å². The van der Waals surface area contributed by atoms with E-state index in [2.05, 4.69) is 18.5 Å². The van der Waals surface area contributed by atoms with E-state index in [9.17, 15) is 5.11 Å². The predicted octanol–water partition coefficient (Wildman–Crippen LogP) is 3.29. The quantitative estimate of drug-likeness (QED) is 0.808. The summed E-state index contributed by atoms with van der Waals surface area (Å²) < 4.78 is 5.07. The van der Waals surface area contributed by atoms with Crippen molar-refractivity contribution in [3.8, 4) is 11.5 Å². The lowest BCUT2D eigenvalue weighted by atomic mass is 10.1. The zero-order chi connectivity index (χ0) is 13.5. The lowest BCUT2D eigenvalue weighted by molar-refractivity contribution is 0.369. The molecule has 1 unspecified atom stereocenters. The normalized spacial score (nSPS) is 12.4. The van der Waals surface area contributed by atoms with Crippen LogP contribution in [-0.2, 0) is 6.54 Å². The number of halogens is 1. The zero-order valence-electron chi connectivity index (χ0n) is 11.0. The smallest absolute Gasteiger partial charge is 0.162 e. The third-order valence-electron chi connectivity index (χ3n) is 2.73. The van der Waals surface area contributed by atoms with Gasteiger partial charge in [0.05, 0.1) is 7.11 Å². The molecule has 0 saturated carbocycles. The standard InChI is InChI=1S/C13H20ClNO2S/c1-9(4-5-18-3)15-8-10-6-11(14)7-12(17-2)13(10)16/h6-7,9,15-16H,4-5,8H2,1-3H3. The first-order valence-electron chi connectivity index (χ1n) is 5.86. The Balaban J connectivity index is 2.64. The fourth-order valence-electron chi connectivity index (χ4n) is 1.60. The minimum atomic E-state index is 0.159. The van der Waals surface area contributed by atoms with Gasteiger partial charge in [-0.2, -0.15) is 11.8 Å². The van der Waals surface area contributed by atoms with Crippen LogP contribution in [-0.4, -0.2) is 30.3 Å².